The van der Waals surface area contributed by atoms with Crippen LogP contribution in [0.3, 0.4) is 0 Å². The molecule has 0 radical (unpaired) electrons. The molecule has 7 nitrogen and oxygen atoms in total. The van der Waals surface area contributed by atoms with E-state index in [1.165, 1.54) is 18.5 Å². The predicted octanol–water partition coefficient (Wildman–Crippen LogP) is 0.384. The number of nitrogens with zero attached hydrogens (tertiary/aromatic N) is 1. The van der Waals surface area contributed by atoms with Crippen LogP contribution in [0.25, 0.3) is 0 Å². The molecule has 2 N–H and O–H groups in total. The predicted molar refractivity (Wildman–Crippen MR) is 85.9 cm³/mol. The Morgan fingerprint density at radius 3 is 2.48 bits per heavy atom. The highest BCUT2D eigenvalue weighted by Crippen LogP contribution is 2.12. The van der Waals surface area contributed by atoms with Crippen molar-refractivity contribution >= 4 is 21.7 Å². The molecule has 0 aliphatic carbocycles. The highest BCUT2D eigenvalue weighted by molar-refractivity contribution is 7.91. The van der Waals surface area contributed by atoms with Crippen LogP contribution >= 0.6 is 0 Å². The Bertz CT molecular complexity index is 700. The van der Waals surface area contributed by atoms with Gasteiger partial charge >= 0.3 is 0 Å². The van der Waals surface area contributed by atoms with Crippen molar-refractivity contribution in [2.45, 2.75) is 26.3 Å². The van der Waals surface area contributed by atoms with Crippen molar-refractivity contribution in [1.82, 2.24) is 15.6 Å². The van der Waals surface area contributed by atoms with Gasteiger partial charge in [0.2, 0.25) is 0 Å². The van der Waals surface area contributed by atoms with Gasteiger partial charge in [-0.1, -0.05) is 13.8 Å². The molecule has 2 heterocycles. The van der Waals surface area contributed by atoms with E-state index < -0.39 is 15.7 Å². The van der Waals surface area contributed by atoms with Gasteiger partial charge in [-0.15, -0.1) is 0 Å². The summed E-state index contributed by atoms with van der Waals surface area (Å²) in [6.07, 6.45) is 3.17. The molecular weight excluding hydrogens is 318 g/mol. The van der Waals surface area contributed by atoms with Gasteiger partial charge in [-0.05, 0) is 18.4 Å². The Labute approximate surface area is 135 Å². The van der Waals surface area contributed by atoms with Crippen LogP contribution in [0.4, 0.5) is 0 Å². The molecule has 1 aliphatic rings. The van der Waals surface area contributed by atoms with Gasteiger partial charge in [-0.2, -0.15) is 0 Å². The summed E-state index contributed by atoms with van der Waals surface area (Å²) in [5.74, 6) is -0.334. The lowest BCUT2D eigenvalue weighted by Gasteiger charge is -2.11. The minimum Gasteiger partial charge on any atom is -0.352 e. The zero-order valence-electron chi connectivity index (χ0n) is 13.2. The molecule has 2 amide bonds. The molecule has 1 aliphatic heterocycles. The number of rotatable bonds is 5. The average Bonchev–Trinajstić information content (AvgIpc) is 2.83. The first-order valence-electron chi connectivity index (χ1n) is 7.51. The molecule has 126 valence electrons. The minimum absolute atomic E-state index is 0.0409. The standard InChI is InChI=1S/C15H21N3O4S/c1-10(2)6-17-14(19)11-5-12(8-16-7-11)15(20)18-13-3-4-23(21,22)9-13/h5,7-8,10,13H,3-4,6,9H2,1-2H3,(H,17,19)(H,18,20). The first kappa shape index (κ1) is 17.4. The van der Waals surface area contributed by atoms with Gasteiger partial charge in [-0.25, -0.2) is 8.42 Å². The van der Waals surface area contributed by atoms with Crippen molar-refractivity contribution in [1.29, 1.82) is 0 Å². The number of carbonyl (C=O) groups excluding carboxylic acids is 2. The third kappa shape index (κ3) is 5.02. The van der Waals surface area contributed by atoms with E-state index >= 15 is 0 Å². The van der Waals surface area contributed by atoms with Gasteiger partial charge in [0, 0.05) is 25.0 Å². The maximum atomic E-state index is 12.2. The first-order chi connectivity index (χ1) is 10.8. The fraction of sp³-hybridized carbons (Fsp3) is 0.533. The van der Waals surface area contributed by atoms with E-state index in [0.29, 0.717) is 24.4 Å². The molecule has 1 aromatic rings. The van der Waals surface area contributed by atoms with Crippen molar-refractivity contribution in [2.75, 3.05) is 18.1 Å². The monoisotopic (exact) mass is 339 g/mol. The molecular formula is C15H21N3O4S. The number of aromatic nitrogens is 1. The van der Waals surface area contributed by atoms with Crippen LogP contribution < -0.4 is 10.6 Å². The second kappa shape index (κ2) is 7.08. The van der Waals surface area contributed by atoms with Crippen LogP contribution in [0.2, 0.25) is 0 Å². The molecule has 2 rings (SSSR count). The molecule has 1 atom stereocenters. The number of nitrogens with one attached hydrogen (secondary N) is 2. The maximum absolute atomic E-state index is 12.2. The van der Waals surface area contributed by atoms with Crippen molar-refractivity contribution in [2.24, 2.45) is 5.92 Å². The average molecular weight is 339 g/mol. The third-order valence-electron chi connectivity index (χ3n) is 3.50. The fourth-order valence-electron chi connectivity index (χ4n) is 2.26. The molecule has 1 saturated heterocycles. The van der Waals surface area contributed by atoms with Crippen LogP contribution in [-0.4, -0.2) is 49.3 Å². The zero-order chi connectivity index (χ0) is 17.0. The Morgan fingerprint density at radius 1 is 1.26 bits per heavy atom. The van der Waals surface area contributed by atoms with Gasteiger partial charge in [0.25, 0.3) is 11.8 Å². The summed E-state index contributed by atoms with van der Waals surface area (Å²) >= 11 is 0. The number of carbonyl (C=O) groups is 2. The summed E-state index contributed by atoms with van der Waals surface area (Å²) in [5.41, 5.74) is 0.545. The van der Waals surface area contributed by atoms with Crippen molar-refractivity contribution in [3.63, 3.8) is 0 Å². The summed E-state index contributed by atoms with van der Waals surface area (Å²) in [6.45, 7) is 4.51. The summed E-state index contributed by atoms with van der Waals surface area (Å²) < 4.78 is 22.8. The second-order valence-corrected chi connectivity index (χ2v) is 8.37. The molecule has 8 heteroatoms. The largest absolute Gasteiger partial charge is 0.352 e. The van der Waals surface area contributed by atoms with Gasteiger partial charge in [-0.3, -0.25) is 14.6 Å². The molecule has 0 aromatic carbocycles. The van der Waals surface area contributed by atoms with Gasteiger partial charge in [0.1, 0.15) is 0 Å². The van der Waals surface area contributed by atoms with Crippen molar-refractivity contribution in [3.8, 4) is 0 Å². The van der Waals surface area contributed by atoms with E-state index in [1.807, 2.05) is 13.8 Å². The molecule has 1 aromatic heterocycles. The second-order valence-electron chi connectivity index (χ2n) is 6.14. The first-order valence-corrected chi connectivity index (χ1v) is 9.33. The quantitative estimate of drug-likeness (QED) is 0.807. The van der Waals surface area contributed by atoms with Crippen LogP contribution in [0.15, 0.2) is 18.5 Å². The highest BCUT2D eigenvalue weighted by Gasteiger charge is 2.29. The fourth-order valence-corrected chi connectivity index (χ4v) is 3.94. The van der Waals surface area contributed by atoms with E-state index in [0.717, 1.165) is 0 Å². The highest BCUT2D eigenvalue weighted by atomic mass is 32.2. The van der Waals surface area contributed by atoms with E-state index in [4.69, 9.17) is 0 Å². The Morgan fingerprint density at radius 2 is 1.91 bits per heavy atom. The van der Waals surface area contributed by atoms with E-state index in [-0.39, 0.29) is 29.0 Å². The van der Waals surface area contributed by atoms with Gasteiger partial charge in [0.15, 0.2) is 9.84 Å². The van der Waals surface area contributed by atoms with E-state index in [2.05, 4.69) is 15.6 Å². The molecule has 23 heavy (non-hydrogen) atoms. The Hall–Kier alpha value is -1.96. The Kier molecular flexibility index (Phi) is 5.35. The van der Waals surface area contributed by atoms with E-state index in [1.54, 1.807) is 0 Å². The minimum atomic E-state index is -3.05. The molecule has 0 saturated carbocycles. The molecule has 0 spiro atoms. The number of sulfone groups is 1. The summed E-state index contributed by atoms with van der Waals surface area (Å²) in [5, 5.41) is 5.44. The number of hydrogen-bond donors (Lipinski definition) is 2. The molecule has 0 bridgehead atoms. The summed E-state index contributed by atoms with van der Waals surface area (Å²) in [4.78, 5) is 28.1. The summed E-state index contributed by atoms with van der Waals surface area (Å²) in [7, 11) is -3.05. The number of hydrogen-bond acceptors (Lipinski definition) is 5. The summed E-state index contributed by atoms with van der Waals surface area (Å²) in [6, 6.07) is 1.08. The lowest BCUT2D eigenvalue weighted by Crippen LogP contribution is -2.36. The third-order valence-corrected chi connectivity index (χ3v) is 5.27. The van der Waals surface area contributed by atoms with Crippen LogP contribution in [0.1, 0.15) is 41.0 Å². The smallest absolute Gasteiger partial charge is 0.253 e. The van der Waals surface area contributed by atoms with Crippen molar-refractivity contribution < 1.29 is 18.0 Å². The Balaban J connectivity index is 2.01. The zero-order valence-corrected chi connectivity index (χ0v) is 14.0. The number of amides is 2. The van der Waals surface area contributed by atoms with Crippen LogP contribution in [-0.2, 0) is 9.84 Å². The van der Waals surface area contributed by atoms with Crippen LogP contribution in [0.5, 0.6) is 0 Å². The lowest BCUT2D eigenvalue weighted by atomic mass is 10.1. The topological polar surface area (TPSA) is 105 Å². The van der Waals surface area contributed by atoms with Gasteiger partial charge < -0.3 is 10.6 Å². The number of pyridine rings is 1. The lowest BCUT2D eigenvalue weighted by molar-refractivity contribution is 0.0940. The van der Waals surface area contributed by atoms with Crippen molar-refractivity contribution in [3.05, 3.63) is 29.6 Å². The van der Waals surface area contributed by atoms with Gasteiger partial charge in [0.05, 0.1) is 22.6 Å². The van der Waals surface area contributed by atoms with E-state index in [9.17, 15) is 18.0 Å². The molecule has 1 unspecified atom stereocenters. The maximum Gasteiger partial charge on any atom is 0.253 e. The van der Waals surface area contributed by atoms with Crippen LogP contribution in [0, 0.1) is 5.92 Å². The normalized spacial score (nSPS) is 19.5. The molecule has 1 fully saturated rings. The SMILES string of the molecule is CC(C)CNC(=O)c1cncc(C(=O)NC2CCS(=O)(=O)C2)c1.